The molecule has 0 saturated carbocycles. The third kappa shape index (κ3) is 3.66. The second-order valence-electron chi connectivity index (χ2n) is 1.63. The summed E-state index contributed by atoms with van der Waals surface area (Å²) in [4.78, 5) is 20.0. The van der Waals surface area contributed by atoms with Crippen molar-refractivity contribution in [3.63, 3.8) is 0 Å². The van der Waals surface area contributed by atoms with Crippen molar-refractivity contribution < 1.29 is 9.59 Å². The Morgan fingerprint density at radius 2 is 2.44 bits per heavy atom. The highest BCUT2D eigenvalue weighted by Crippen LogP contribution is 1.82. The summed E-state index contributed by atoms with van der Waals surface area (Å²) in [6, 6.07) is -0.553. The number of carbonyl (C=O) groups is 1. The van der Waals surface area contributed by atoms with Crippen molar-refractivity contribution in [2.75, 3.05) is 7.05 Å². The average molecular weight is 129 g/mol. The van der Waals surface area contributed by atoms with Gasteiger partial charge in [0.25, 0.3) is 0 Å². The molecule has 0 aliphatic heterocycles. The third-order valence-corrected chi connectivity index (χ3v) is 0.896. The molecule has 51 valence electrons. The van der Waals surface area contributed by atoms with E-state index in [4.69, 9.17) is 5.73 Å². The molecule has 0 fully saturated rings. The number of carbonyl (C=O) groups excluding carboxylic acids is 2. The molecule has 0 saturated heterocycles. The van der Waals surface area contributed by atoms with E-state index in [1.165, 1.54) is 0 Å². The monoisotopic (exact) mass is 129 g/mol. The van der Waals surface area contributed by atoms with Crippen LogP contribution in [0.2, 0.25) is 0 Å². The predicted octanol–water partition coefficient (Wildman–Crippen LogP) is -1.44. The highest BCUT2D eigenvalue weighted by Gasteiger charge is 2.07. The minimum Gasteiger partial charge on any atom is -0.370 e. The first-order valence-electron chi connectivity index (χ1n) is 2.54. The van der Waals surface area contributed by atoms with E-state index in [0.717, 1.165) is 0 Å². The second-order valence-corrected chi connectivity index (χ2v) is 1.63. The molecule has 0 rings (SSSR count). The smallest absolute Gasteiger partial charge is 0.219 e. The molecule has 4 nitrogen and oxygen atoms in total. The van der Waals surface area contributed by atoms with E-state index in [9.17, 15) is 9.59 Å². The van der Waals surface area contributed by atoms with Gasteiger partial charge in [-0.25, -0.2) is 0 Å². The van der Waals surface area contributed by atoms with Crippen molar-refractivity contribution in [3.05, 3.63) is 0 Å². The van der Waals surface area contributed by atoms with Crippen LogP contribution in [0.3, 0.4) is 0 Å². The Kier molecular flexibility index (Phi) is 3.62. The van der Waals surface area contributed by atoms with Crippen molar-refractivity contribution >= 4 is 12.2 Å². The van der Waals surface area contributed by atoms with Gasteiger partial charge in [-0.15, -0.1) is 0 Å². The van der Waals surface area contributed by atoms with Gasteiger partial charge in [0.05, 0.1) is 6.04 Å². The van der Waals surface area contributed by atoms with Crippen molar-refractivity contribution in [2.24, 2.45) is 5.73 Å². The van der Waals surface area contributed by atoms with Crippen LogP contribution in [0.25, 0.3) is 0 Å². The van der Waals surface area contributed by atoms with Gasteiger partial charge >= 0.3 is 0 Å². The van der Waals surface area contributed by atoms with Gasteiger partial charge in [-0.3, -0.25) is 9.59 Å². The molecular formula is C5H9N2O2. The Morgan fingerprint density at radius 1 is 1.89 bits per heavy atom. The third-order valence-electron chi connectivity index (χ3n) is 0.896. The minimum atomic E-state index is -0.553. The van der Waals surface area contributed by atoms with E-state index < -0.39 is 11.9 Å². The van der Waals surface area contributed by atoms with E-state index in [2.05, 4.69) is 5.32 Å². The van der Waals surface area contributed by atoms with E-state index in [0.29, 0.717) is 0 Å². The van der Waals surface area contributed by atoms with Crippen LogP contribution in [-0.2, 0) is 9.59 Å². The highest BCUT2D eigenvalue weighted by molar-refractivity contribution is 5.78. The zero-order chi connectivity index (χ0) is 7.28. The first-order valence-corrected chi connectivity index (χ1v) is 2.54. The van der Waals surface area contributed by atoms with Gasteiger partial charge < -0.3 is 11.1 Å². The van der Waals surface area contributed by atoms with Crippen molar-refractivity contribution in [3.8, 4) is 0 Å². The summed E-state index contributed by atoms with van der Waals surface area (Å²) >= 11 is 0. The van der Waals surface area contributed by atoms with Crippen LogP contribution in [0.4, 0.5) is 0 Å². The molecule has 1 radical (unpaired) electrons. The van der Waals surface area contributed by atoms with Gasteiger partial charge in [-0.1, -0.05) is 0 Å². The molecule has 1 atom stereocenters. The molecule has 0 aromatic heterocycles. The Balaban J connectivity index is 3.55. The fraction of sp³-hybridized carbons (Fsp3) is 0.600. The summed E-state index contributed by atoms with van der Waals surface area (Å²) in [6.07, 6.45) is 1.64. The van der Waals surface area contributed by atoms with Crippen LogP contribution in [0.15, 0.2) is 0 Å². The number of rotatable bonds is 4. The molecule has 0 aliphatic rings. The van der Waals surface area contributed by atoms with E-state index in [1.807, 2.05) is 0 Å². The lowest BCUT2D eigenvalue weighted by molar-refractivity contribution is -0.118. The molecule has 0 spiro atoms. The topological polar surface area (TPSA) is 72.2 Å². The molecule has 0 aromatic carbocycles. The van der Waals surface area contributed by atoms with Crippen LogP contribution in [0, 0.1) is 0 Å². The molecule has 3 N–H and O–H groups in total. The van der Waals surface area contributed by atoms with Gasteiger partial charge in [-0.2, -0.15) is 0 Å². The zero-order valence-electron chi connectivity index (χ0n) is 5.18. The highest BCUT2D eigenvalue weighted by atomic mass is 16.1. The Bertz CT molecular complexity index is 114. The average Bonchev–Trinajstić information content (AvgIpc) is 1.82. The number of nitrogens with one attached hydrogen (secondary N) is 1. The summed E-state index contributed by atoms with van der Waals surface area (Å²) in [5, 5.41) is 2.56. The molecule has 9 heavy (non-hydrogen) atoms. The molecule has 4 heteroatoms. The van der Waals surface area contributed by atoms with E-state index in [-0.39, 0.29) is 6.42 Å². The van der Waals surface area contributed by atoms with Gasteiger partial charge in [0, 0.05) is 6.42 Å². The fourth-order valence-electron chi connectivity index (χ4n) is 0.404. The van der Waals surface area contributed by atoms with Crippen LogP contribution in [0.1, 0.15) is 6.42 Å². The maximum Gasteiger partial charge on any atom is 0.219 e. The lowest BCUT2D eigenvalue weighted by Crippen LogP contribution is -2.31. The van der Waals surface area contributed by atoms with Gasteiger partial charge in [0.15, 0.2) is 0 Å². The van der Waals surface area contributed by atoms with E-state index in [1.54, 1.807) is 13.3 Å². The Morgan fingerprint density at radius 3 is 2.56 bits per heavy atom. The van der Waals surface area contributed by atoms with Gasteiger partial charge in [0.2, 0.25) is 12.2 Å². The van der Waals surface area contributed by atoms with Gasteiger partial charge in [-0.05, 0) is 7.05 Å². The molecular weight excluding hydrogens is 120 g/mol. The first kappa shape index (κ1) is 8.10. The summed E-state index contributed by atoms with van der Waals surface area (Å²) in [5.74, 6) is -0.502. The SMILES string of the molecule is CN[C@H]([C]=O)CC(N)=O. The number of hydrogen-bond acceptors (Lipinski definition) is 3. The number of hydrogen-bond donors (Lipinski definition) is 2. The number of amides is 1. The first-order chi connectivity index (χ1) is 4.20. The lowest BCUT2D eigenvalue weighted by Gasteiger charge is -2.02. The normalized spacial score (nSPS) is 12.6. The van der Waals surface area contributed by atoms with E-state index >= 15 is 0 Å². The maximum atomic E-state index is 10.1. The largest absolute Gasteiger partial charge is 0.370 e. The summed E-state index contributed by atoms with van der Waals surface area (Å²) < 4.78 is 0. The second kappa shape index (κ2) is 4.03. The molecule has 0 unspecified atom stereocenters. The van der Waals surface area contributed by atoms with Crippen molar-refractivity contribution in [1.29, 1.82) is 0 Å². The molecule has 1 amide bonds. The predicted molar refractivity (Wildman–Crippen MR) is 32.4 cm³/mol. The number of primary amides is 1. The van der Waals surface area contributed by atoms with Crippen LogP contribution >= 0.6 is 0 Å². The maximum absolute atomic E-state index is 10.1. The summed E-state index contributed by atoms with van der Waals surface area (Å²) in [5.41, 5.74) is 4.79. The standard InChI is InChI=1S/C5H9N2O2/c1-7-4(3-8)2-5(6)9/h4,7H,2H2,1H3,(H2,6,9)/t4-/m0/s1. The Hall–Kier alpha value is -0.900. The zero-order valence-corrected chi connectivity index (χ0v) is 5.18. The van der Waals surface area contributed by atoms with Crippen LogP contribution < -0.4 is 11.1 Å². The van der Waals surface area contributed by atoms with Crippen molar-refractivity contribution in [2.45, 2.75) is 12.5 Å². The molecule has 0 heterocycles. The van der Waals surface area contributed by atoms with Gasteiger partial charge in [0.1, 0.15) is 0 Å². The number of likely N-dealkylation sites (N-methyl/N-ethyl adjacent to an activating group) is 1. The van der Waals surface area contributed by atoms with Crippen LogP contribution in [-0.4, -0.2) is 25.3 Å². The summed E-state index contributed by atoms with van der Waals surface area (Å²) in [7, 11) is 1.57. The van der Waals surface area contributed by atoms with Crippen molar-refractivity contribution in [1.82, 2.24) is 5.32 Å². The van der Waals surface area contributed by atoms with Crippen LogP contribution in [0.5, 0.6) is 0 Å². The fourth-order valence-corrected chi connectivity index (χ4v) is 0.404. The summed E-state index contributed by atoms with van der Waals surface area (Å²) in [6.45, 7) is 0. The molecule has 0 aromatic rings. The quantitative estimate of drug-likeness (QED) is 0.488. The molecule has 0 bridgehead atoms. The lowest BCUT2D eigenvalue weighted by atomic mass is 10.2. The Labute approximate surface area is 53.4 Å². The minimum absolute atomic E-state index is 0.0139. The number of nitrogens with two attached hydrogens (primary N) is 1. The molecule has 0 aliphatic carbocycles.